The molecule has 0 spiro atoms. The molecule has 0 bridgehead atoms. The van der Waals surface area contributed by atoms with Crippen molar-refractivity contribution in [2.24, 2.45) is 5.73 Å². The van der Waals surface area contributed by atoms with Crippen LogP contribution < -0.4 is 25.7 Å². The highest BCUT2D eigenvalue weighted by molar-refractivity contribution is 5.98. The number of aromatic nitrogens is 2. The summed E-state index contributed by atoms with van der Waals surface area (Å²) in [5.41, 5.74) is 3.64. The van der Waals surface area contributed by atoms with E-state index in [1.165, 1.54) is 4.90 Å². The van der Waals surface area contributed by atoms with E-state index in [1.807, 2.05) is 0 Å². The van der Waals surface area contributed by atoms with Crippen LogP contribution >= 0.6 is 0 Å². The second kappa shape index (κ2) is 7.50. The molecule has 0 fully saturated rings. The first kappa shape index (κ1) is 19.7. The molecule has 0 radical (unpaired) electrons. The summed E-state index contributed by atoms with van der Waals surface area (Å²) in [7, 11) is 1.55. The van der Waals surface area contributed by atoms with Gasteiger partial charge in [-0.25, -0.2) is 4.68 Å². The third-order valence-electron chi connectivity index (χ3n) is 4.15. The summed E-state index contributed by atoms with van der Waals surface area (Å²) >= 11 is 0. The molecule has 1 amide bonds. The number of rotatable bonds is 4. The fourth-order valence-corrected chi connectivity index (χ4v) is 2.67. The van der Waals surface area contributed by atoms with Crippen molar-refractivity contribution in [1.82, 2.24) is 9.78 Å². The third-order valence-corrected chi connectivity index (χ3v) is 4.15. The van der Waals surface area contributed by atoms with Crippen LogP contribution in [0.25, 0.3) is 0 Å². The number of nitrogens with two attached hydrogens (primary N) is 1. The molecule has 11 heteroatoms. The molecular formula is C17H17F3N4O4. The van der Waals surface area contributed by atoms with Gasteiger partial charge in [0.05, 0.1) is 12.2 Å². The Morgan fingerprint density at radius 2 is 2.07 bits per heavy atom. The second-order valence-corrected chi connectivity index (χ2v) is 6.06. The first-order chi connectivity index (χ1) is 13.2. The molecule has 1 aromatic heterocycles. The summed E-state index contributed by atoms with van der Waals surface area (Å²) < 4.78 is 50.0. The van der Waals surface area contributed by atoms with Crippen LogP contribution in [0.3, 0.4) is 0 Å². The molecule has 1 aliphatic heterocycles. The predicted molar refractivity (Wildman–Crippen MR) is 92.3 cm³/mol. The molecule has 2 N–H and O–H groups in total. The maximum atomic E-state index is 12.8. The lowest BCUT2D eigenvalue weighted by Gasteiger charge is -2.18. The van der Waals surface area contributed by atoms with Crippen LogP contribution in [0.5, 0.6) is 11.5 Å². The first-order valence-electron chi connectivity index (χ1n) is 8.24. The van der Waals surface area contributed by atoms with Crippen LogP contribution in [0.15, 0.2) is 35.3 Å². The zero-order valence-electron chi connectivity index (χ0n) is 14.8. The van der Waals surface area contributed by atoms with Crippen molar-refractivity contribution in [3.8, 4) is 11.5 Å². The summed E-state index contributed by atoms with van der Waals surface area (Å²) in [5.74, 6) is 0.472. The Hall–Kier alpha value is -3.08. The number of halogens is 3. The molecule has 3 rings (SSSR count). The topological polar surface area (TPSA) is 99.7 Å². The zero-order chi connectivity index (χ0) is 20.5. The number of amides is 1. The summed E-state index contributed by atoms with van der Waals surface area (Å²) in [5, 5.41) is 3.63. The minimum Gasteiger partial charge on any atom is -0.492 e. The second-order valence-electron chi connectivity index (χ2n) is 6.06. The van der Waals surface area contributed by atoms with Crippen molar-refractivity contribution in [3.05, 3.63) is 46.4 Å². The zero-order valence-corrected chi connectivity index (χ0v) is 14.8. The van der Waals surface area contributed by atoms with Crippen LogP contribution in [0.2, 0.25) is 0 Å². The normalized spacial score (nSPS) is 17.0. The van der Waals surface area contributed by atoms with E-state index in [0.29, 0.717) is 27.9 Å². The minimum absolute atomic E-state index is 0.0422. The standard InChI is InChI=1S/C17H17F3N4O4/c1-23-13-8-10(2-3-14(13)28-9-12(21)16(23)26)27-7-6-24-15(25)11(4-5-22-24)17(18,19)20/h2-5,8,12H,6-7,9,21H2,1H3/t12-/m0/s1. The Morgan fingerprint density at radius 3 is 2.79 bits per heavy atom. The molecule has 1 aromatic carbocycles. The van der Waals surface area contributed by atoms with Crippen LogP contribution in [0.4, 0.5) is 18.9 Å². The number of fused-ring (bicyclic) bond motifs is 1. The highest BCUT2D eigenvalue weighted by Gasteiger charge is 2.34. The number of carbonyl (C=O) groups excluding carboxylic acids is 1. The van der Waals surface area contributed by atoms with E-state index in [0.717, 1.165) is 6.20 Å². The highest BCUT2D eigenvalue weighted by atomic mass is 19.4. The number of carbonyl (C=O) groups is 1. The minimum atomic E-state index is -4.75. The van der Waals surface area contributed by atoms with Gasteiger partial charge in [-0.05, 0) is 18.2 Å². The number of ether oxygens (including phenoxy) is 2. The molecule has 0 aliphatic carbocycles. The fraction of sp³-hybridized carbons (Fsp3) is 0.353. The molecule has 8 nitrogen and oxygen atoms in total. The Balaban J connectivity index is 1.72. The van der Waals surface area contributed by atoms with E-state index in [-0.39, 0.29) is 25.7 Å². The number of hydrogen-bond acceptors (Lipinski definition) is 6. The van der Waals surface area contributed by atoms with Crippen molar-refractivity contribution in [2.45, 2.75) is 18.8 Å². The average molecular weight is 398 g/mol. The van der Waals surface area contributed by atoms with Crippen molar-refractivity contribution in [3.63, 3.8) is 0 Å². The highest BCUT2D eigenvalue weighted by Crippen LogP contribution is 2.34. The van der Waals surface area contributed by atoms with Gasteiger partial charge in [0, 0.05) is 19.3 Å². The smallest absolute Gasteiger partial charge is 0.421 e. The summed E-state index contributed by atoms with van der Waals surface area (Å²) in [6, 6.07) is 4.56. The van der Waals surface area contributed by atoms with Gasteiger partial charge in [-0.3, -0.25) is 9.59 Å². The van der Waals surface area contributed by atoms with Gasteiger partial charge in [0.1, 0.15) is 36.3 Å². The molecule has 0 saturated heterocycles. The Morgan fingerprint density at radius 1 is 1.32 bits per heavy atom. The quantitative estimate of drug-likeness (QED) is 0.826. The number of likely N-dealkylation sites (N-methyl/N-ethyl adjacent to an activating group) is 1. The van der Waals surface area contributed by atoms with Gasteiger partial charge >= 0.3 is 6.18 Å². The summed E-state index contributed by atoms with van der Waals surface area (Å²) in [6.07, 6.45) is -3.84. The molecule has 1 aliphatic rings. The van der Waals surface area contributed by atoms with Gasteiger partial charge in [0.2, 0.25) is 5.91 Å². The van der Waals surface area contributed by atoms with E-state index >= 15 is 0 Å². The van der Waals surface area contributed by atoms with E-state index in [4.69, 9.17) is 15.2 Å². The van der Waals surface area contributed by atoms with E-state index < -0.39 is 23.3 Å². The number of hydrogen-bond donors (Lipinski definition) is 1. The molecule has 150 valence electrons. The number of nitrogens with zero attached hydrogens (tertiary/aromatic N) is 3. The van der Waals surface area contributed by atoms with Gasteiger partial charge in [0.15, 0.2) is 0 Å². The number of alkyl halides is 3. The predicted octanol–water partition coefficient (Wildman–Crippen LogP) is 1.02. The Labute approximate surface area is 157 Å². The Kier molecular flexibility index (Phi) is 5.27. The Bertz CT molecular complexity index is 945. The first-order valence-corrected chi connectivity index (χ1v) is 8.24. The lowest BCUT2D eigenvalue weighted by atomic mass is 10.2. The van der Waals surface area contributed by atoms with Gasteiger partial charge in [0.25, 0.3) is 5.56 Å². The summed E-state index contributed by atoms with van der Waals surface area (Å²) in [6.45, 7) is -0.248. The van der Waals surface area contributed by atoms with Gasteiger partial charge in [-0.2, -0.15) is 18.3 Å². The van der Waals surface area contributed by atoms with Crippen molar-refractivity contribution < 1.29 is 27.4 Å². The van der Waals surface area contributed by atoms with Crippen LogP contribution in [-0.2, 0) is 17.5 Å². The maximum absolute atomic E-state index is 12.8. The van der Waals surface area contributed by atoms with Gasteiger partial charge in [-0.15, -0.1) is 0 Å². The molecular weight excluding hydrogens is 381 g/mol. The van der Waals surface area contributed by atoms with Gasteiger partial charge in [-0.1, -0.05) is 0 Å². The fourth-order valence-electron chi connectivity index (χ4n) is 2.67. The van der Waals surface area contributed by atoms with Crippen LogP contribution in [-0.4, -0.2) is 42.0 Å². The average Bonchev–Trinajstić information content (AvgIpc) is 2.75. The van der Waals surface area contributed by atoms with Crippen molar-refractivity contribution in [2.75, 3.05) is 25.2 Å². The van der Waals surface area contributed by atoms with Crippen molar-refractivity contribution in [1.29, 1.82) is 0 Å². The lowest BCUT2D eigenvalue weighted by molar-refractivity contribution is -0.139. The molecule has 0 saturated carbocycles. The largest absolute Gasteiger partial charge is 0.492 e. The summed E-state index contributed by atoms with van der Waals surface area (Å²) in [4.78, 5) is 25.3. The van der Waals surface area contributed by atoms with Crippen molar-refractivity contribution >= 4 is 11.6 Å². The molecule has 28 heavy (non-hydrogen) atoms. The number of anilines is 1. The number of benzene rings is 1. The third kappa shape index (κ3) is 3.93. The van der Waals surface area contributed by atoms with E-state index in [1.54, 1.807) is 25.2 Å². The molecule has 0 unspecified atom stereocenters. The van der Waals surface area contributed by atoms with E-state index in [9.17, 15) is 22.8 Å². The van der Waals surface area contributed by atoms with Crippen LogP contribution in [0.1, 0.15) is 5.56 Å². The van der Waals surface area contributed by atoms with Crippen LogP contribution in [0, 0.1) is 0 Å². The maximum Gasteiger partial charge on any atom is 0.421 e. The molecule has 2 heterocycles. The van der Waals surface area contributed by atoms with Gasteiger partial charge < -0.3 is 20.1 Å². The molecule has 2 aromatic rings. The van der Waals surface area contributed by atoms with E-state index in [2.05, 4.69) is 5.10 Å². The monoisotopic (exact) mass is 398 g/mol. The SMILES string of the molecule is CN1C(=O)[C@@H](N)COc2ccc(OCCn3nccc(C(F)(F)F)c3=O)cc21. The lowest BCUT2D eigenvalue weighted by Crippen LogP contribution is -2.43. The molecule has 1 atom stereocenters.